The average Bonchev–Trinajstić information content (AvgIpc) is 3.77. The molecular weight excluding hydrogens is 575 g/mol. The number of rotatable bonds is 8. The Hall–Kier alpha value is -4.03. The summed E-state index contributed by atoms with van der Waals surface area (Å²) in [6.07, 6.45) is 2.85. The van der Waals surface area contributed by atoms with E-state index >= 15 is 0 Å². The summed E-state index contributed by atoms with van der Waals surface area (Å²) >= 11 is 0. The molecule has 1 aromatic carbocycles. The Morgan fingerprint density at radius 1 is 1.12 bits per heavy atom. The fourth-order valence-corrected chi connectivity index (χ4v) is 6.04. The van der Waals surface area contributed by atoms with Crippen LogP contribution in [0.5, 0.6) is 0 Å². The first-order chi connectivity index (χ1) is 20.1. The minimum absolute atomic E-state index is 0.00284. The van der Waals surface area contributed by atoms with Gasteiger partial charge in [0.2, 0.25) is 0 Å². The summed E-state index contributed by atoms with van der Waals surface area (Å²) in [5.41, 5.74) is 0.460. The van der Waals surface area contributed by atoms with Crippen LogP contribution in [0.15, 0.2) is 47.9 Å². The van der Waals surface area contributed by atoms with Crippen LogP contribution in [0, 0.1) is 5.82 Å². The van der Waals surface area contributed by atoms with Crippen LogP contribution in [0.2, 0.25) is 0 Å². The third-order valence-electron chi connectivity index (χ3n) is 7.30. The summed E-state index contributed by atoms with van der Waals surface area (Å²) in [4.78, 5) is 26.0. The molecule has 1 aliphatic heterocycles. The zero-order chi connectivity index (χ0) is 29.6. The summed E-state index contributed by atoms with van der Waals surface area (Å²) in [7, 11) is -4.28. The number of benzene rings is 1. The van der Waals surface area contributed by atoms with Crippen LogP contribution in [0.4, 0.5) is 10.2 Å². The summed E-state index contributed by atoms with van der Waals surface area (Å²) in [6, 6.07) is 4.13. The molecular formula is C25H27FN8O7S. The first-order valence-corrected chi connectivity index (χ1v) is 14.6. The lowest BCUT2D eigenvalue weighted by Crippen LogP contribution is -2.33. The molecule has 4 heterocycles. The van der Waals surface area contributed by atoms with Crippen molar-refractivity contribution in [3.05, 3.63) is 54.4 Å². The second kappa shape index (κ2) is 11.0. The van der Waals surface area contributed by atoms with Gasteiger partial charge in [0.25, 0.3) is 21.9 Å². The number of sulfonamides is 1. The van der Waals surface area contributed by atoms with Crippen molar-refractivity contribution in [2.24, 2.45) is 0 Å². The Bertz CT molecular complexity index is 1720. The Labute approximate surface area is 238 Å². The Kier molecular flexibility index (Phi) is 7.36. The lowest BCUT2D eigenvalue weighted by atomic mass is 10.1. The van der Waals surface area contributed by atoms with Crippen LogP contribution in [-0.4, -0.2) is 89.9 Å². The largest absolute Gasteiger partial charge is 0.394 e. The number of aliphatic hydroxyl groups excluding tert-OH is 3. The average molecular weight is 603 g/mol. The maximum absolute atomic E-state index is 13.2. The van der Waals surface area contributed by atoms with E-state index in [1.165, 1.54) is 21.8 Å². The minimum atomic E-state index is -4.28. The number of anilines is 1. The number of fused-ring (bicyclic) bond motifs is 1. The van der Waals surface area contributed by atoms with Crippen molar-refractivity contribution in [3.63, 3.8) is 0 Å². The standard InChI is InChI=1S/C25H27FN8O7S/c26-14-5-7-16(8-6-14)42(39,40)32-23(38)13-9-28-34(10-13)25-30-21(29-15-3-1-2-4-15)18-22(31-25)33(12-27-18)24-20(37)19(36)17(11-35)41-24/h5-10,12,15,17,19-20,24,35-37H,1-4,11H2,(H,32,38)(H,29,30,31)/t17-,19-,20-,24-/m1/s1. The van der Waals surface area contributed by atoms with E-state index in [4.69, 9.17) is 4.74 Å². The fraction of sp³-hybridized carbons (Fsp3) is 0.400. The van der Waals surface area contributed by atoms with Gasteiger partial charge in [-0.25, -0.2) is 27.2 Å². The van der Waals surface area contributed by atoms with Crippen molar-refractivity contribution in [2.75, 3.05) is 11.9 Å². The van der Waals surface area contributed by atoms with E-state index in [0.29, 0.717) is 11.3 Å². The fourth-order valence-electron chi connectivity index (χ4n) is 5.07. The number of aliphatic hydroxyl groups is 3. The SMILES string of the molecule is O=C(NS(=O)(=O)c1ccc(F)cc1)c1cnn(-c2nc(NC3CCCC3)c3ncn([C@@H]4O[C@H](CO)[C@@H](O)[C@H]4O)c3n2)c1. The van der Waals surface area contributed by atoms with Crippen molar-refractivity contribution in [1.29, 1.82) is 0 Å². The highest BCUT2D eigenvalue weighted by Crippen LogP contribution is 2.33. The van der Waals surface area contributed by atoms with Gasteiger partial charge in [-0.15, -0.1) is 0 Å². The number of carbonyl (C=O) groups excluding carboxylic acids is 1. The summed E-state index contributed by atoms with van der Waals surface area (Å²) in [6.45, 7) is -0.509. The quantitative estimate of drug-likeness (QED) is 0.184. The summed E-state index contributed by atoms with van der Waals surface area (Å²) in [5.74, 6) is -1.24. The molecule has 0 unspecified atom stereocenters. The highest BCUT2D eigenvalue weighted by atomic mass is 32.2. The Morgan fingerprint density at radius 2 is 1.86 bits per heavy atom. The van der Waals surface area contributed by atoms with Crippen molar-refractivity contribution >= 4 is 32.9 Å². The molecule has 2 aliphatic rings. The third-order valence-corrected chi connectivity index (χ3v) is 8.64. The van der Waals surface area contributed by atoms with Gasteiger partial charge in [0, 0.05) is 12.2 Å². The maximum atomic E-state index is 13.2. The second-order valence-electron chi connectivity index (χ2n) is 10.1. The van der Waals surface area contributed by atoms with E-state index in [0.717, 1.165) is 56.1 Å². The van der Waals surface area contributed by atoms with E-state index < -0.39 is 52.9 Å². The van der Waals surface area contributed by atoms with Crippen LogP contribution in [-0.2, 0) is 14.8 Å². The highest BCUT2D eigenvalue weighted by molar-refractivity contribution is 7.90. The molecule has 4 atom stereocenters. The molecule has 17 heteroatoms. The molecule has 222 valence electrons. The van der Waals surface area contributed by atoms with Gasteiger partial charge >= 0.3 is 0 Å². The molecule has 0 bridgehead atoms. The number of carbonyl (C=O) groups is 1. The van der Waals surface area contributed by atoms with Crippen LogP contribution >= 0.6 is 0 Å². The lowest BCUT2D eigenvalue weighted by Gasteiger charge is -2.18. The third kappa shape index (κ3) is 5.20. The van der Waals surface area contributed by atoms with Crippen LogP contribution < -0.4 is 10.0 Å². The van der Waals surface area contributed by atoms with Gasteiger partial charge in [-0.3, -0.25) is 9.36 Å². The van der Waals surface area contributed by atoms with Crippen LogP contribution in [0.1, 0.15) is 42.3 Å². The number of imidazole rings is 1. The van der Waals surface area contributed by atoms with Crippen molar-refractivity contribution in [3.8, 4) is 5.95 Å². The molecule has 1 saturated heterocycles. The number of hydrogen-bond donors (Lipinski definition) is 5. The number of hydrogen-bond acceptors (Lipinski definition) is 12. The molecule has 1 aliphatic carbocycles. The molecule has 0 radical (unpaired) electrons. The van der Waals surface area contributed by atoms with Gasteiger partial charge in [0.05, 0.1) is 29.6 Å². The predicted molar refractivity (Wildman–Crippen MR) is 142 cm³/mol. The first kappa shape index (κ1) is 28.1. The molecule has 5 N–H and O–H groups in total. The number of amides is 1. The van der Waals surface area contributed by atoms with Gasteiger partial charge in [-0.1, -0.05) is 12.8 Å². The smallest absolute Gasteiger partial charge is 0.268 e. The number of nitrogens with zero attached hydrogens (tertiary/aromatic N) is 6. The Morgan fingerprint density at radius 3 is 2.55 bits per heavy atom. The van der Waals surface area contributed by atoms with Gasteiger partial charge < -0.3 is 25.4 Å². The predicted octanol–water partition coefficient (Wildman–Crippen LogP) is 0.236. The van der Waals surface area contributed by atoms with E-state index in [9.17, 15) is 32.9 Å². The second-order valence-corrected chi connectivity index (χ2v) is 11.8. The number of ether oxygens (including phenoxy) is 1. The molecule has 2 fully saturated rings. The van der Waals surface area contributed by atoms with Crippen LogP contribution in [0.3, 0.4) is 0 Å². The number of halogens is 1. The van der Waals surface area contributed by atoms with E-state index in [1.54, 1.807) is 0 Å². The minimum Gasteiger partial charge on any atom is -0.394 e. The molecule has 0 spiro atoms. The zero-order valence-electron chi connectivity index (χ0n) is 21.9. The zero-order valence-corrected chi connectivity index (χ0v) is 22.7. The molecule has 15 nitrogen and oxygen atoms in total. The van der Waals surface area contributed by atoms with Crippen molar-refractivity contribution in [1.82, 2.24) is 34.0 Å². The van der Waals surface area contributed by atoms with Gasteiger partial charge in [-0.2, -0.15) is 15.1 Å². The first-order valence-electron chi connectivity index (χ1n) is 13.2. The topological polar surface area (TPSA) is 207 Å². The monoisotopic (exact) mass is 602 g/mol. The summed E-state index contributed by atoms with van der Waals surface area (Å²) in [5, 5.41) is 37.9. The van der Waals surface area contributed by atoms with Crippen molar-refractivity contribution in [2.45, 2.75) is 61.2 Å². The molecule has 1 amide bonds. The molecule has 3 aromatic heterocycles. The van der Waals surface area contributed by atoms with Crippen molar-refractivity contribution < 1.29 is 37.7 Å². The van der Waals surface area contributed by atoms with E-state index in [-0.39, 0.29) is 28.1 Å². The van der Waals surface area contributed by atoms with E-state index in [2.05, 4.69) is 25.4 Å². The summed E-state index contributed by atoms with van der Waals surface area (Å²) < 4.78 is 48.6. The molecule has 6 rings (SSSR count). The van der Waals surface area contributed by atoms with Crippen LogP contribution in [0.25, 0.3) is 17.1 Å². The Balaban J connectivity index is 1.34. The van der Waals surface area contributed by atoms with Gasteiger partial charge in [0.1, 0.15) is 24.1 Å². The van der Waals surface area contributed by atoms with E-state index in [1.807, 2.05) is 4.72 Å². The number of aromatic nitrogens is 6. The highest BCUT2D eigenvalue weighted by Gasteiger charge is 2.44. The lowest BCUT2D eigenvalue weighted by molar-refractivity contribution is -0.0511. The molecule has 1 saturated carbocycles. The normalized spacial score (nSPS) is 23.0. The van der Waals surface area contributed by atoms with Gasteiger partial charge in [0.15, 0.2) is 23.2 Å². The molecule has 4 aromatic rings. The van der Waals surface area contributed by atoms with Gasteiger partial charge in [-0.05, 0) is 37.1 Å². The number of nitrogens with one attached hydrogen (secondary N) is 2. The maximum Gasteiger partial charge on any atom is 0.268 e. The molecule has 42 heavy (non-hydrogen) atoms.